The molecule has 0 aromatic carbocycles. The van der Waals surface area contributed by atoms with Crippen molar-refractivity contribution < 1.29 is 14.3 Å². The number of rotatable bonds is 6. The Kier molecular flexibility index (Phi) is 7.30. The average molecular weight is 286 g/mol. The number of amides is 1. The highest BCUT2D eigenvalue weighted by molar-refractivity contribution is 5.68. The fraction of sp³-hybridized carbons (Fsp3) is 0.933. The smallest absolute Gasteiger partial charge is 0.407 e. The molecule has 0 saturated heterocycles. The van der Waals surface area contributed by atoms with E-state index in [2.05, 4.69) is 10.6 Å². The standard InChI is InChI=1S/C15H30N2O3/c1-15(2,3)20-14(18)17-13-8-6-12(7-9-13)16-10-5-11-19-4/h12-13,16H,5-11H2,1-4H3,(H,17,18). The molecule has 0 aliphatic heterocycles. The second-order valence-electron chi connectivity index (χ2n) is 6.50. The second-order valence-corrected chi connectivity index (χ2v) is 6.50. The lowest BCUT2D eigenvalue weighted by molar-refractivity contribution is 0.0489. The first-order valence-electron chi connectivity index (χ1n) is 7.62. The lowest BCUT2D eigenvalue weighted by Crippen LogP contribution is -2.44. The van der Waals surface area contributed by atoms with Gasteiger partial charge in [-0.1, -0.05) is 0 Å². The number of nitrogens with one attached hydrogen (secondary N) is 2. The van der Waals surface area contributed by atoms with E-state index in [1.54, 1.807) is 7.11 Å². The largest absolute Gasteiger partial charge is 0.444 e. The van der Waals surface area contributed by atoms with E-state index in [0.29, 0.717) is 6.04 Å². The summed E-state index contributed by atoms with van der Waals surface area (Å²) >= 11 is 0. The van der Waals surface area contributed by atoms with Crippen molar-refractivity contribution in [3.8, 4) is 0 Å². The van der Waals surface area contributed by atoms with Gasteiger partial charge in [0.1, 0.15) is 5.60 Å². The number of hydrogen-bond acceptors (Lipinski definition) is 4. The lowest BCUT2D eigenvalue weighted by atomic mass is 9.91. The Balaban J connectivity index is 2.14. The van der Waals surface area contributed by atoms with Crippen LogP contribution in [0.1, 0.15) is 52.9 Å². The minimum absolute atomic E-state index is 0.252. The van der Waals surface area contributed by atoms with Crippen molar-refractivity contribution in [2.75, 3.05) is 20.3 Å². The number of carbonyl (C=O) groups is 1. The van der Waals surface area contributed by atoms with Crippen LogP contribution in [0.2, 0.25) is 0 Å². The van der Waals surface area contributed by atoms with Gasteiger partial charge in [-0.15, -0.1) is 0 Å². The zero-order chi connectivity index (χ0) is 15.0. The van der Waals surface area contributed by atoms with E-state index in [1.165, 1.54) is 0 Å². The maximum Gasteiger partial charge on any atom is 0.407 e. The highest BCUT2D eigenvalue weighted by Gasteiger charge is 2.24. The normalized spacial score (nSPS) is 23.4. The Morgan fingerprint density at radius 1 is 1.15 bits per heavy atom. The molecule has 1 aliphatic rings. The number of ether oxygens (including phenoxy) is 2. The van der Waals surface area contributed by atoms with E-state index in [-0.39, 0.29) is 12.1 Å². The Bertz CT molecular complexity index is 281. The topological polar surface area (TPSA) is 59.6 Å². The van der Waals surface area contributed by atoms with Crippen LogP contribution in [-0.2, 0) is 9.47 Å². The molecule has 0 atom stereocenters. The summed E-state index contributed by atoms with van der Waals surface area (Å²) in [5, 5.41) is 6.51. The molecule has 0 spiro atoms. The fourth-order valence-corrected chi connectivity index (χ4v) is 2.44. The van der Waals surface area contributed by atoms with Crippen molar-refractivity contribution in [1.29, 1.82) is 0 Å². The molecule has 5 nitrogen and oxygen atoms in total. The monoisotopic (exact) mass is 286 g/mol. The van der Waals surface area contributed by atoms with Crippen molar-refractivity contribution in [2.24, 2.45) is 0 Å². The summed E-state index contributed by atoms with van der Waals surface area (Å²) in [4.78, 5) is 11.7. The van der Waals surface area contributed by atoms with Gasteiger partial charge >= 0.3 is 6.09 Å². The summed E-state index contributed by atoms with van der Waals surface area (Å²) in [6.45, 7) is 7.46. The molecular formula is C15H30N2O3. The molecule has 1 rings (SSSR count). The quantitative estimate of drug-likeness (QED) is 0.736. The van der Waals surface area contributed by atoms with Crippen LogP contribution in [0.15, 0.2) is 0 Å². The van der Waals surface area contributed by atoms with E-state index in [4.69, 9.17) is 9.47 Å². The molecule has 1 amide bonds. The number of carbonyl (C=O) groups excluding carboxylic acids is 1. The maximum atomic E-state index is 11.7. The molecule has 0 unspecified atom stereocenters. The average Bonchev–Trinajstić information content (AvgIpc) is 2.34. The first-order chi connectivity index (χ1) is 9.40. The number of hydrogen-bond donors (Lipinski definition) is 2. The van der Waals surface area contributed by atoms with Crippen molar-refractivity contribution in [3.63, 3.8) is 0 Å². The molecule has 1 fully saturated rings. The third-order valence-electron chi connectivity index (χ3n) is 3.41. The van der Waals surface area contributed by atoms with Crippen LogP contribution in [0, 0.1) is 0 Å². The van der Waals surface area contributed by atoms with Gasteiger partial charge in [-0.2, -0.15) is 0 Å². The summed E-state index contributed by atoms with van der Waals surface area (Å²) < 4.78 is 10.3. The van der Waals surface area contributed by atoms with E-state index >= 15 is 0 Å². The van der Waals surface area contributed by atoms with Gasteiger partial charge in [0.25, 0.3) is 0 Å². The molecule has 2 N–H and O–H groups in total. The maximum absolute atomic E-state index is 11.7. The molecule has 118 valence electrons. The predicted octanol–water partition coefficient (Wildman–Crippen LogP) is 2.45. The molecule has 20 heavy (non-hydrogen) atoms. The van der Waals surface area contributed by atoms with Gasteiger partial charge in [0.15, 0.2) is 0 Å². The summed E-state index contributed by atoms with van der Waals surface area (Å²) in [6, 6.07) is 0.824. The Morgan fingerprint density at radius 2 is 1.75 bits per heavy atom. The van der Waals surface area contributed by atoms with Gasteiger partial charge in [-0.3, -0.25) is 0 Å². The first kappa shape index (κ1) is 17.2. The van der Waals surface area contributed by atoms with Crippen molar-refractivity contribution in [1.82, 2.24) is 10.6 Å². The van der Waals surface area contributed by atoms with Gasteiger partial charge in [-0.05, 0) is 59.4 Å². The Labute approximate surface area is 122 Å². The highest BCUT2D eigenvalue weighted by Crippen LogP contribution is 2.19. The summed E-state index contributed by atoms with van der Waals surface area (Å²) in [5.41, 5.74) is -0.426. The Morgan fingerprint density at radius 3 is 2.30 bits per heavy atom. The van der Waals surface area contributed by atoms with Crippen LogP contribution in [-0.4, -0.2) is 44.0 Å². The summed E-state index contributed by atoms with van der Waals surface area (Å²) in [5.74, 6) is 0. The molecule has 0 heterocycles. The van der Waals surface area contributed by atoms with Crippen LogP contribution in [0.5, 0.6) is 0 Å². The van der Waals surface area contributed by atoms with E-state index in [9.17, 15) is 4.79 Å². The molecule has 0 bridgehead atoms. The van der Waals surface area contributed by atoms with Crippen LogP contribution in [0.4, 0.5) is 4.79 Å². The number of methoxy groups -OCH3 is 1. The van der Waals surface area contributed by atoms with Gasteiger partial charge in [-0.25, -0.2) is 4.79 Å². The third kappa shape index (κ3) is 7.70. The molecule has 1 aliphatic carbocycles. The predicted molar refractivity (Wildman–Crippen MR) is 79.9 cm³/mol. The summed E-state index contributed by atoms with van der Waals surface area (Å²) in [6.07, 6.45) is 4.99. The van der Waals surface area contributed by atoms with Gasteiger partial charge in [0, 0.05) is 25.8 Å². The van der Waals surface area contributed by atoms with Crippen molar-refractivity contribution in [2.45, 2.75) is 70.6 Å². The van der Waals surface area contributed by atoms with E-state index < -0.39 is 5.60 Å². The molecule has 5 heteroatoms. The SMILES string of the molecule is COCCCNC1CCC(NC(=O)OC(C)(C)C)CC1. The highest BCUT2D eigenvalue weighted by atomic mass is 16.6. The molecular weight excluding hydrogens is 256 g/mol. The van der Waals surface area contributed by atoms with Gasteiger partial charge in [0.05, 0.1) is 0 Å². The lowest BCUT2D eigenvalue weighted by Gasteiger charge is -2.30. The van der Waals surface area contributed by atoms with Crippen LogP contribution < -0.4 is 10.6 Å². The van der Waals surface area contributed by atoms with E-state index in [1.807, 2.05) is 20.8 Å². The zero-order valence-corrected chi connectivity index (χ0v) is 13.3. The van der Waals surface area contributed by atoms with Gasteiger partial charge in [0.2, 0.25) is 0 Å². The molecule has 1 saturated carbocycles. The fourth-order valence-electron chi connectivity index (χ4n) is 2.44. The van der Waals surface area contributed by atoms with Crippen LogP contribution in [0.25, 0.3) is 0 Å². The molecule has 0 radical (unpaired) electrons. The van der Waals surface area contributed by atoms with Gasteiger partial charge < -0.3 is 20.1 Å². The van der Waals surface area contributed by atoms with Crippen LogP contribution >= 0.6 is 0 Å². The molecule has 0 aromatic rings. The Hall–Kier alpha value is -0.810. The second kappa shape index (κ2) is 8.47. The minimum Gasteiger partial charge on any atom is -0.444 e. The summed E-state index contributed by atoms with van der Waals surface area (Å²) in [7, 11) is 1.73. The minimum atomic E-state index is -0.426. The van der Waals surface area contributed by atoms with Crippen molar-refractivity contribution in [3.05, 3.63) is 0 Å². The zero-order valence-electron chi connectivity index (χ0n) is 13.3. The van der Waals surface area contributed by atoms with E-state index in [0.717, 1.165) is 45.3 Å². The first-order valence-corrected chi connectivity index (χ1v) is 7.62. The van der Waals surface area contributed by atoms with Crippen molar-refractivity contribution >= 4 is 6.09 Å². The number of alkyl carbamates (subject to hydrolysis) is 1. The van der Waals surface area contributed by atoms with Crippen LogP contribution in [0.3, 0.4) is 0 Å². The molecule has 0 aromatic heterocycles. The third-order valence-corrected chi connectivity index (χ3v) is 3.41.